The van der Waals surface area contributed by atoms with E-state index in [4.69, 9.17) is 5.73 Å². The lowest BCUT2D eigenvalue weighted by molar-refractivity contribution is 0.966. The van der Waals surface area contributed by atoms with Gasteiger partial charge in [-0.2, -0.15) is 0 Å². The molecule has 0 aliphatic heterocycles. The molecule has 0 aliphatic rings. The van der Waals surface area contributed by atoms with Crippen LogP contribution >= 0.6 is 11.3 Å². The van der Waals surface area contributed by atoms with Gasteiger partial charge < -0.3 is 5.73 Å². The molecule has 0 saturated heterocycles. The summed E-state index contributed by atoms with van der Waals surface area (Å²) in [6, 6.07) is 10.2. The van der Waals surface area contributed by atoms with Crippen molar-refractivity contribution in [2.75, 3.05) is 0 Å². The van der Waals surface area contributed by atoms with Crippen LogP contribution in [0.25, 0.3) is 16.2 Å². The average Bonchev–Trinajstić information content (AvgIpc) is 2.89. The lowest BCUT2D eigenvalue weighted by Gasteiger charge is -1.94. The molecule has 0 saturated carbocycles. The van der Waals surface area contributed by atoms with Gasteiger partial charge in [-0.3, -0.25) is 4.40 Å². The predicted molar refractivity (Wildman–Crippen MR) is 66.4 cm³/mol. The number of hydrogen-bond acceptors (Lipinski definition) is 3. The molecule has 3 rings (SSSR count). The number of imidazole rings is 1. The standard InChI is InChI=1S/C12H11N3S/c13-6-10-8-16-12-14-11(7-15(10)12)9-4-2-1-3-5-9/h1-5,7-8H,6,13H2. The highest BCUT2D eigenvalue weighted by atomic mass is 32.1. The van der Waals surface area contributed by atoms with Crippen molar-refractivity contribution in [2.24, 2.45) is 5.73 Å². The molecule has 0 unspecified atom stereocenters. The minimum absolute atomic E-state index is 0.546. The van der Waals surface area contributed by atoms with Gasteiger partial charge in [0.2, 0.25) is 0 Å². The summed E-state index contributed by atoms with van der Waals surface area (Å²) in [5.41, 5.74) is 8.91. The van der Waals surface area contributed by atoms with Crippen LogP contribution in [0.4, 0.5) is 0 Å². The van der Waals surface area contributed by atoms with E-state index in [0.717, 1.165) is 21.9 Å². The quantitative estimate of drug-likeness (QED) is 0.733. The lowest BCUT2D eigenvalue weighted by atomic mass is 10.2. The molecular weight excluding hydrogens is 218 g/mol. The number of nitrogens with two attached hydrogens (primary N) is 1. The molecular formula is C12H11N3S. The van der Waals surface area contributed by atoms with E-state index in [1.165, 1.54) is 0 Å². The molecule has 0 amide bonds. The zero-order chi connectivity index (χ0) is 11.0. The van der Waals surface area contributed by atoms with E-state index in [9.17, 15) is 0 Å². The number of hydrogen-bond donors (Lipinski definition) is 1. The van der Waals surface area contributed by atoms with Crippen molar-refractivity contribution in [3.05, 3.63) is 47.6 Å². The Morgan fingerprint density at radius 3 is 2.81 bits per heavy atom. The van der Waals surface area contributed by atoms with Gasteiger partial charge >= 0.3 is 0 Å². The van der Waals surface area contributed by atoms with Crippen LogP contribution in [-0.4, -0.2) is 9.38 Å². The van der Waals surface area contributed by atoms with Crippen molar-refractivity contribution in [1.82, 2.24) is 9.38 Å². The number of aromatic nitrogens is 2. The number of thiazole rings is 1. The second-order valence-electron chi connectivity index (χ2n) is 3.58. The highest BCUT2D eigenvalue weighted by molar-refractivity contribution is 7.15. The third kappa shape index (κ3) is 1.43. The normalized spacial score (nSPS) is 11.1. The van der Waals surface area contributed by atoms with Crippen molar-refractivity contribution < 1.29 is 0 Å². The monoisotopic (exact) mass is 229 g/mol. The fourth-order valence-corrected chi connectivity index (χ4v) is 2.61. The highest BCUT2D eigenvalue weighted by Gasteiger charge is 2.07. The van der Waals surface area contributed by atoms with Gasteiger partial charge in [0.05, 0.1) is 5.69 Å². The van der Waals surface area contributed by atoms with Crippen molar-refractivity contribution in [1.29, 1.82) is 0 Å². The van der Waals surface area contributed by atoms with E-state index in [2.05, 4.69) is 26.9 Å². The van der Waals surface area contributed by atoms with Gasteiger partial charge in [-0.15, -0.1) is 11.3 Å². The van der Waals surface area contributed by atoms with Crippen molar-refractivity contribution in [3.8, 4) is 11.3 Å². The largest absolute Gasteiger partial charge is 0.325 e. The van der Waals surface area contributed by atoms with Crippen LogP contribution in [0.3, 0.4) is 0 Å². The van der Waals surface area contributed by atoms with Gasteiger partial charge in [-0.25, -0.2) is 4.98 Å². The molecule has 2 aromatic heterocycles. The molecule has 80 valence electrons. The van der Waals surface area contributed by atoms with E-state index < -0.39 is 0 Å². The summed E-state index contributed by atoms with van der Waals surface area (Å²) >= 11 is 1.63. The van der Waals surface area contributed by atoms with Crippen LogP contribution in [0, 0.1) is 0 Å². The minimum atomic E-state index is 0.546. The SMILES string of the molecule is NCc1csc2nc(-c3ccccc3)cn12. The Morgan fingerprint density at radius 1 is 1.25 bits per heavy atom. The molecule has 3 nitrogen and oxygen atoms in total. The van der Waals surface area contributed by atoms with E-state index in [-0.39, 0.29) is 0 Å². The van der Waals surface area contributed by atoms with Crippen LogP contribution in [0.2, 0.25) is 0 Å². The predicted octanol–water partition coefficient (Wildman–Crippen LogP) is 2.52. The molecule has 3 aromatic rings. The van der Waals surface area contributed by atoms with E-state index in [0.29, 0.717) is 6.54 Å². The molecule has 0 spiro atoms. The Kier molecular flexibility index (Phi) is 2.23. The van der Waals surface area contributed by atoms with Crippen molar-refractivity contribution >= 4 is 16.3 Å². The zero-order valence-corrected chi connectivity index (χ0v) is 9.45. The van der Waals surface area contributed by atoms with Crippen LogP contribution in [-0.2, 0) is 6.54 Å². The maximum absolute atomic E-state index is 5.67. The van der Waals surface area contributed by atoms with Crippen molar-refractivity contribution in [3.63, 3.8) is 0 Å². The molecule has 0 atom stereocenters. The Balaban J connectivity index is 2.16. The molecule has 1 aromatic carbocycles. The van der Waals surface area contributed by atoms with Gasteiger partial charge in [0.1, 0.15) is 0 Å². The molecule has 0 aliphatic carbocycles. The van der Waals surface area contributed by atoms with Gasteiger partial charge in [0.15, 0.2) is 4.96 Å². The first-order valence-electron chi connectivity index (χ1n) is 5.09. The van der Waals surface area contributed by atoms with Gasteiger partial charge in [0, 0.05) is 29.4 Å². The van der Waals surface area contributed by atoms with Crippen LogP contribution in [0.1, 0.15) is 5.69 Å². The average molecular weight is 229 g/mol. The molecule has 0 bridgehead atoms. The van der Waals surface area contributed by atoms with Crippen molar-refractivity contribution in [2.45, 2.75) is 6.54 Å². The first-order valence-corrected chi connectivity index (χ1v) is 5.97. The van der Waals surface area contributed by atoms with Gasteiger partial charge in [0.25, 0.3) is 0 Å². The fraction of sp³-hybridized carbons (Fsp3) is 0.0833. The summed E-state index contributed by atoms with van der Waals surface area (Å²) in [4.78, 5) is 5.58. The maximum Gasteiger partial charge on any atom is 0.194 e. The maximum atomic E-state index is 5.67. The summed E-state index contributed by atoms with van der Waals surface area (Å²) in [6.45, 7) is 0.546. The Morgan fingerprint density at radius 2 is 2.06 bits per heavy atom. The Bertz CT molecular complexity index is 610. The molecule has 2 N–H and O–H groups in total. The minimum Gasteiger partial charge on any atom is -0.325 e. The topological polar surface area (TPSA) is 43.3 Å². The number of fused-ring (bicyclic) bond motifs is 1. The third-order valence-electron chi connectivity index (χ3n) is 2.56. The molecule has 16 heavy (non-hydrogen) atoms. The third-order valence-corrected chi connectivity index (χ3v) is 3.45. The lowest BCUT2D eigenvalue weighted by Crippen LogP contribution is -1.98. The van der Waals surface area contributed by atoms with Crippen LogP contribution < -0.4 is 5.73 Å². The molecule has 0 radical (unpaired) electrons. The summed E-state index contributed by atoms with van der Waals surface area (Å²) < 4.78 is 2.06. The number of nitrogens with zero attached hydrogens (tertiary/aromatic N) is 2. The first-order chi connectivity index (χ1) is 7.88. The van der Waals surface area contributed by atoms with E-state index in [1.807, 2.05) is 24.4 Å². The fourth-order valence-electron chi connectivity index (χ4n) is 1.72. The smallest absolute Gasteiger partial charge is 0.194 e. The summed E-state index contributed by atoms with van der Waals surface area (Å²) in [5.74, 6) is 0. The highest BCUT2D eigenvalue weighted by Crippen LogP contribution is 2.23. The Hall–Kier alpha value is -1.65. The number of rotatable bonds is 2. The summed E-state index contributed by atoms with van der Waals surface area (Å²) in [6.07, 6.45) is 2.04. The number of benzene rings is 1. The molecule has 0 fully saturated rings. The van der Waals surface area contributed by atoms with Crippen LogP contribution in [0.5, 0.6) is 0 Å². The molecule has 2 heterocycles. The molecule has 4 heteroatoms. The van der Waals surface area contributed by atoms with E-state index >= 15 is 0 Å². The summed E-state index contributed by atoms with van der Waals surface area (Å²) in [7, 11) is 0. The van der Waals surface area contributed by atoms with Gasteiger partial charge in [-0.1, -0.05) is 30.3 Å². The zero-order valence-electron chi connectivity index (χ0n) is 8.63. The second kappa shape index (κ2) is 3.73. The van der Waals surface area contributed by atoms with Crippen LogP contribution in [0.15, 0.2) is 41.9 Å². The second-order valence-corrected chi connectivity index (χ2v) is 4.41. The van der Waals surface area contributed by atoms with Gasteiger partial charge in [-0.05, 0) is 0 Å². The van der Waals surface area contributed by atoms with E-state index in [1.54, 1.807) is 11.3 Å². The summed E-state index contributed by atoms with van der Waals surface area (Å²) in [5, 5.41) is 2.05. The Labute approximate surface area is 97.2 Å². The first kappa shape index (κ1) is 9.57.